The number of ether oxygens (including phenoxy) is 2. The van der Waals surface area contributed by atoms with Crippen LogP contribution in [0.25, 0.3) is 10.9 Å². The molecule has 46 heavy (non-hydrogen) atoms. The summed E-state index contributed by atoms with van der Waals surface area (Å²) in [5.41, 5.74) is 0.754. The third kappa shape index (κ3) is 8.20. The van der Waals surface area contributed by atoms with Gasteiger partial charge < -0.3 is 35.6 Å². The Morgan fingerprint density at radius 3 is 2.59 bits per heavy atom. The summed E-state index contributed by atoms with van der Waals surface area (Å²) in [6.45, 7) is 8.22. The van der Waals surface area contributed by atoms with Crippen molar-refractivity contribution in [2.75, 3.05) is 44.5 Å². The minimum absolute atomic E-state index is 0.0504. The lowest BCUT2D eigenvalue weighted by molar-refractivity contribution is -0.143. The van der Waals surface area contributed by atoms with E-state index < -0.39 is 35.3 Å². The number of nitrogens with one attached hydrogen (secondary N) is 4. The van der Waals surface area contributed by atoms with Gasteiger partial charge in [0.2, 0.25) is 17.7 Å². The van der Waals surface area contributed by atoms with Gasteiger partial charge in [-0.1, -0.05) is 32.4 Å². The fourth-order valence-electron chi connectivity index (χ4n) is 5.08. The van der Waals surface area contributed by atoms with Gasteiger partial charge in [0.1, 0.15) is 42.4 Å². The Morgan fingerprint density at radius 2 is 1.91 bits per heavy atom. The van der Waals surface area contributed by atoms with Crippen LogP contribution in [0.15, 0.2) is 36.7 Å². The third-order valence-corrected chi connectivity index (χ3v) is 8.08. The summed E-state index contributed by atoms with van der Waals surface area (Å²) in [6, 6.07) is 5.45. The number of fused-ring (bicyclic) bond motifs is 1. The summed E-state index contributed by atoms with van der Waals surface area (Å²) in [7, 11) is 3.22. The van der Waals surface area contributed by atoms with E-state index in [1.54, 1.807) is 33.2 Å². The number of benzene rings is 2. The molecule has 0 spiro atoms. The number of likely N-dealkylation sites (tertiary alicyclic amines) is 1. The highest BCUT2D eigenvalue weighted by molar-refractivity contribution is 6.31. The lowest BCUT2D eigenvalue weighted by atomic mass is 9.85. The molecule has 248 valence electrons. The van der Waals surface area contributed by atoms with Crippen molar-refractivity contribution in [3.8, 4) is 5.75 Å². The molecule has 4 N–H and O–H groups in total. The van der Waals surface area contributed by atoms with E-state index in [1.165, 1.54) is 29.4 Å². The normalized spacial score (nSPS) is 16.2. The molecule has 2 aromatic carbocycles. The lowest BCUT2D eigenvalue weighted by Gasteiger charge is -2.36. The molecule has 3 amide bonds. The van der Waals surface area contributed by atoms with Gasteiger partial charge in [0, 0.05) is 30.8 Å². The Balaban J connectivity index is 1.64. The number of rotatable bonds is 12. The van der Waals surface area contributed by atoms with Crippen molar-refractivity contribution < 1.29 is 28.2 Å². The van der Waals surface area contributed by atoms with E-state index in [0.717, 1.165) is 0 Å². The molecule has 0 unspecified atom stereocenters. The predicted molar refractivity (Wildman–Crippen MR) is 175 cm³/mol. The van der Waals surface area contributed by atoms with Gasteiger partial charge in [-0.2, -0.15) is 0 Å². The Bertz CT molecular complexity index is 1580. The van der Waals surface area contributed by atoms with Gasteiger partial charge in [0.15, 0.2) is 0 Å². The molecule has 3 aromatic rings. The van der Waals surface area contributed by atoms with Gasteiger partial charge in [-0.25, -0.2) is 14.4 Å². The van der Waals surface area contributed by atoms with Crippen LogP contribution in [0.2, 0.25) is 5.02 Å². The molecule has 0 bridgehead atoms. The minimum atomic E-state index is -0.844. The summed E-state index contributed by atoms with van der Waals surface area (Å²) in [5, 5.41) is 12.4. The minimum Gasteiger partial charge on any atom is -0.489 e. The number of hydrogen-bond acceptors (Lipinski definition) is 9. The van der Waals surface area contributed by atoms with Gasteiger partial charge in [-0.3, -0.25) is 14.4 Å². The Morgan fingerprint density at radius 1 is 1.15 bits per heavy atom. The van der Waals surface area contributed by atoms with Crippen LogP contribution in [0.3, 0.4) is 0 Å². The average Bonchev–Trinajstić information content (AvgIpc) is 3.51. The molecule has 1 saturated heterocycles. The molecule has 0 aliphatic carbocycles. The Labute approximate surface area is 272 Å². The first-order valence-electron chi connectivity index (χ1n) is 15.1. The fraction of sp³-hybridized carbons (Fsp3) is 0.469. The molecular formula is C32H41ClFN7O5. The first-order chi connectivity index (χ1) is 21.8. The summed E-state index contributed by atoms with van der Waals surface area (Å²) < 4.78 is 24.8. The maximum Gasteiger partial charge on any atom is 0.247 e. The maximum atomic E-state index is 13.9. The molecular weight excluding hydrogens is 617 g/mol. The molecule has 1 aliphatic rings. The molecule has 1 fully saturated rings. The molecule has 14 heteroatoms. The van der Waals surface area contributed by atoms with Gasteiger partial charge >= 0.3 is 0 Å². The van der Waals surface area contributed by atoms with Crippen LogP contribution in [0, 0.1) is 11.2 Å². The highest BCUT2D eigenvalue weighted by Crippen LogP contribution is 2.35. The summed E-state index contributed by atoms with van der Waals surface area (Å²) in [5.74, 6) is -0.839. The van der Waals surface area contributed by atoms with E-state index in [1.807, 2.05) is 20.8 Å². The molecule has 3 atom stereocenters. The zero-order chi connectivity index (χ0) is 33.6. The smallest absolute Gasteiger partial charge is 0.247 e. The predicted octanol–water partition coefficient (Wildman–Crippen LogP) is 4.26. The first kappa shape index (κ1) is 34.8. The van der Waals surface area contributed by atoms with Gasteiger partial charge in [-0.05, 0) is 56.5 Å². The summed E-state index contributed by atoms with van der Waals surface area (Å²) >= 11 is 5.97. The van der Waals surface area contributed by atoms with Gasteiger partial charge in [0.25, 0.3) is 0 Å². The monoisotopic (exact) mass is 657 g/mol. The van der Waals surface area contributed by atoms with Crippen LogP contribution in [0.5, 0.6) is 5.75 Å². The van der Waals surface area contributed by atoms with E-state index in [9.17, 15) is 18.8 Å². The SMILES string of the molecule is CN[C@@H](C)C(=O)N[C@H](C(=O)N1CCC[C@H]1C(=O)Nc1cc2c(Nc3ccc(F)c(Cl)c3)ncnc2cc1OCCOC)C(C)(C)C. The van der Waals surface area contributed by atoms with E-state index in [2.05, 4.69) is 31.2 Å². The topological polar surface area (TPSA) is 147 Å². The second-order valence-electron chi connectivity index (χ2n) is 12.2. The molecule has 12 nitrogen and oxygen atoms in total. The molecule has 0 radical (unpaired) electrons. The van der Waals surface area contributed by atoms with Crippen molar-refractivity contribution in [2.24, 2.45) is 5.41 Å². The second kappa shape index (κ2) is 15.0. The highest BCUT2D eigenvalue weighted by Gasteiger charge is 2.42. The molecule has 4 rings (SSSR count). The second-order valence-corrected chi connectivity index (χ2v) is 12.6. The van der Waals surface area contributed by atoms with E-state index in [4.69, 9.17) is 21.1 Å². The Kier molecular flexibility index (Phi) is 11.4. The number of carbonyl (C=O) groups is 3. The largest absolute Gasteiger partial charge is 0.489 e. The first-order valence-corrected chi connectivity index (χ1v) is 15.4. The number of methoxy groups -OCH3 is 1. The number of aromatic nitrogens is 2. The van der Waals surface area contributed by atoms with Crippen LogP contribution in [-0.2, 0) is 19.1 Å². The van der Waals surface area contributed by atoms with Crippen molar-refractivity contribution in [3.05, 3.63) is 47.5 Å². The van der Waals surface area contributed by atoms with Crippen molar-refractivity contribution >= 4 is 57.4 Å². The lowest BCUT2D eigenvalue weighted by Crippen LogP contribution is -2.59. The highest BCUT2D eigenvalue weighted by atomic mass is 35.5. The fourth-order valence-corrected chi connectivity index (χ4v) is 5.26. The quantitative estimate of drug-likeness (QED) is 0.210. The third-order valence-electron chi connectivity index (χ3n) is 7.79. The number of amides is 3. The van der Waals surface area contributed by atoms with Gasteiger partial charge in [0.05, 0.1) is 28.9 Å². The van der Waals surface area contributed by atoms with E-state index >= 15 is 0 Å². The van der Waals surface area contributed by atoms with Crippen LogP contribution in [0.4, 0.5) is 21.6 Å². The number of likely N-dealkylation sites (N-methyl/N-ethyl adjacent to an activating group) is 1. The van der Waals surface area contributed by atoms with Crippen LogP contribution < -0.4 is 26.0 Å². The van der Waals surface area contributed by atoms with E-state index in [0.29, 0.717) is 59.8 Å². The van der Waals surface area contributed by atoms with Crippen molar-refractivity contribution in [1.82, 2.24) is 25.5 Å². The van der Waals surface area contributed by atoms with Crippen molar-refractivity contribution in [3.63, 3.8) is 0 Å². The zero-order valence-electron chi connectivity index (χ0n) is 26.9. The van der Waals surface area contributed by atoms with Crippen molar-refractivity contribution in [1.29, 1.82) is 0 Å². The van der Waals surface area contributed by atoms with Crippen LogP contribution >= 0.6 is 11.6 Å². The molecule has 0 saturated carbocycles. The van der Waals surface area contributed by atoms with Gasteiger partial charge in [-0.15, -0.1) is 0 Å². The Hall–Kier alpha value is -4.07. The average molecular weight is 658 g/mol. The number of anilines is 3. The maximum absolute atomic E-state index is 13.9. The molecule has 1 aromatic heterocycles. The zero-order valence-corrected chi connectivity index (χ0v) is 27.6. The van der Waals surface area contributed by atoms with E-state index in [-0.39, 0.29) is 23.4 Å². The summed E-state index contributed by atoms with van der Waals surface area (Å²) in [6.07, 6.45) is 2.44. The number of nitrogens with zero attached hydrogens (tertiary/aromatic N) is 3. The standard InChI is InChI=1S/C32H41ClFN7O5/c1-18(35-5)29(42)40-27(32(2,3)4)31(44)41-11-7-8-25(41)30(43)39-24-15-20-23(16-26(24)46-13-12-45-6)36-17-37-28(20)38-19-9-10-22(34)21(33)14-19/h9-10,14-18,25,27,35H,7-8,11-13H2,1-6H3,(H,39,43)(H,40,42)(H,36,37,38)/t18-,25-,27+/m0/s1. The number of halogens is 2. The van der Waals surface area contributed by atoms with Crippen molar-refractivity contribution in [2.45, 2.75) is 58.7 Å². The van der Waals surface area contributed by atoms with Crippen LogP contribution in [0.1, 0.15) is 40.5 Å². The summed E-state index contributed by atoms with van der Waals surface area (Å²) in [4.78, 5) is 50.8. The number of hydrogen-bond donors (Lipinski definition) is 4. The molecule has 2 heterocycles. The molecule has 1 aliphatic heterocycles. The number of carbonyl (C=O) groups excluding carboxylic acids is 3. The van der Waals surface area contributed by atoms with Crippen LogP contribution in [-0.4, -0.2) is 84.6 Å².